The molecule has 1 heterocycles. The zero-order valence-corrected chi connectivity index (χ0v) is 16.9. The molecule has 0 bridgehead atoms. The van der Waals surface area contributed by atoms with Crippen LogP contribution in [0.1, 0.15) is 30.9 Å². The van der Waals surface area contributed by atoms with Crippen molar-refractivity contribution in [3.63, 3.8) is 0 Å². The van der Waals surface area contributed by atoms with E-state index >= 15 is 0 Å². The third-order valence-corrected chi connectivity index (χ3v) is 5.20. The molecule has 2 amide bonds. The number of anilines is 2. The molecular formula is C23H26N4O2. The van der Waals surface area contributed by atoms with Crippen molar-refractivity contribution in [3.05, 3.63) is 59.7 Å². The maximum atomic E-state index is 13.1. The Morgan fingerprint density at radius 2 is 1.97 bits per heavy atom. The molecule has 1 aliphatic rings. The van der Waals surface area contributed by atoms with E-state index in [9.17, 15) is 9.59 Å². The number of benzene rings is 2. The van der Waals surface area contributed by atoms with Crippen molar-refractivity contribution in [2.75, 3.05) is 29.9 Å². The van der Waals surface area contributed by atoms with Gasteiger partial charge >= 0.3 is 0 Å². The lowest BCUT2D eigenvalue weighted by Gasteiger charge is -2.27. The molecule has 0 aromatic heterocycles. The van der Waals surface area contributed by atoms with Gasteiger partial charge in [-0.2, -0.15) is 5.26 Å². The summed E-state index contributed by atoms with van der Waals surface area (Å²) in [6, 6.07) is 16.5. The van der Waals surface area contributed by atoms with Gasteiger partial charge in [-0.05, 0) is 62.2 Å². The van der Waals surface area contributed by atoms with E-state index in [4.69, 9.17) is 5.26 Å². The number of hydrogen-bond acceptors (Lipinski definition) is 4. The molecule has 6 heteroatoms. The summed E-state index contributed by atoms with van der Waals surface area (Å²) in [5.41, 5.74) is 3.16. The van der Waals surface area contributed by atoms with Crippen molar-refractivity contribution in [3.8, 4) is 6.07 Å². The van der Waals surface area contributed by atoms with E-state index < -0.39 is 0 Å². The van der Waals surface area contributed by atoms with Gasteiger partial charge in [0.15, 0.2) is 0 Å². The van der Waals surface area contributed by atoms with Crippen LogP contribution in [-0.2, 0) is 9.59 Å². The highest BCUT2D eigenvalue weighted by atomic mass is 16.2. The molecule has 6 nitrogen and oxygen atoms in total. The number of amides is 2. The van der Waals surface area contributed by atoms with Crippen LogP contribution in [0.2, 0.25) is 0 Å². The quantitative estimate of drug-likeness (QED) is 0.787. The van der Waals surface area contributed by atoms with Crippen LogP contribution in [0, 0.1) is 18.3 Å². The average molecular weight is 390 g/mol. The summed E-state index contributed by atoms with van der Waals surface area (Å²) in [6.45, 7) is 5.47. The molecule has 1 saturated heterocycles. The van der Waals surface area contributed by atoms with Crippen LogP contribution >= 0.6 is 0 Å². The van der Waals surface area contributed by atoms with Gasteiger partial charge in [0, 0.05) is 17.9 Å². The number of carbonyl (C=O) groups is 2. The lowest BCUT2D eigenvalue weighted by Crippen LogP contribution is -2.45. The van der Waals surface area contributed by atoms with Gasteiger partial charge in [0.1, 0.15) is 0 Å². The first kappa shape index (κ1) is 20.6. The Labute approximate surface area is 171 Å². The predicted molar refractivity (Wildman–Crippen MR) is 114 cm³/mol. The normalized spacial score (nSPS) is 16.1. The minimum atomic E-state index is -0.312. The van der Waals surface area contributed by atoms with Gasteiger partial charge in [0.25, 0.3) is 0 Å². The maximum Gasteiger partial charge on any atom is 0.244 e. The van der Waals surface area contributed by atoms with Crippen LogP contribution in [0.15, 0.2) is 48.5 Å². The summed E-state index contributed by atoms with van der Waals surface area (Å²) >= 11 is 0. The van der Waals surface area contributed by atoms with Gasteiger partial charge in [-0.1, -0.05) is 25.1 Å². The van der Waals surface area contributed by atoms with Crippen molar-refractivity contribution in [1.82, 2.24) is 4.90 Å². The fourth-order valence-corrected chi connectivity index (χ4v) is 3.70. The topological polar surface area (TPSA) is 76.4 Å². The molecule has 0 saturated carbocycles. The number of nitriles is 1. The summed E-state index contributed by atoms with van der Waals surface area (Å²) in [7, 11) is 0. The minimum absolute atomic E-state index is 0.00634. The van der Waals surface area contributed by atoms with Gasteiger partial charge in [-0.3, -0.25) is 14.5 Å². The van der Waals surface area contributed by atoms with E-state index in [-0.39, 0.29) is 24.4 Å². The van der Waals surface area contributed by atoms with E-state index in [1.807, 2.05) is 43.0 Å². The average Bonchev–Trinajstić information content (AvgIpc) is 3.11. The Balaban J connectivity index is 1.68. The van der Waals surface area contributed by atoms with Gasteiger partial charge in [0.2, 0.25) is 11.8 Å². The Morgan fingerprint density at radius 3 is 2.62 bits per heavy atom. The number of nitrogens with one attached hydrogen (secondary N) is 1. The number of carbonyl (C=O) groups excluding carboxylic acids is 2. The summed E-state index contributed by atoms with van der Waals surface area (Å²) in [6.07, 6.45) is 1.54. The van der Waals surface area contributed by atoms with Gasteiger partial charge in [-0.25, -0.2) is 0 Å². The van der Waals surface area contributed by atoms with E-state index in [1.54, 1.807) is 29.2 Å². The molecule has 0 spiro atoms. The number of rotatable bonds is 7. The SMILES string of the molecule is CCCN(CC(=O)Nc1ccccc1C)C1CCN(c2ccc(C#N)cc2)C1=O. The Hall–Kier alpha value is -3.17. The fraction of sp³-hybridized carbons (Fsp3) is 0.348. The third kappa shape index (κ3) is 4.82. The first-order valence-corrected chi connectivity index (χ1v) is 9.94. The van der Waals surface area contributed by atoms with Gasteiger partial charge in [-0.15, -0.1) is 0 Å². The minimum Gasteiger partial charge on any atom is -0.325 e. The number of hydrogen-bond donors (Lipinski definition) is 1. The van der Waals surface area contributed by atoms with E-state index in [1.165, 1.54) is 0 Å². The molecular weight excluding hydrogens is 364 g/mol. The summed E-state index contributed by atoms with van der Waals surface area (Å²) < 4.78 is 0. The van der Waals surface area contributed by atoms with Crippen LogP contribution in [0.4, 0.5) is 11.4 Å². The fourth-order valence-electron chi connectivity index (χ4n) is 3.70. The molecule has 29 heavy (non-hydrogen) atoms. The zero-order valence-electron chi connectivity index (χ0n) is 16.9. The van der Waals surface area contributed by atoms with Gasteiger partial charge < -0.3 is 10.2 Å². The molecule has 150 valence electrons. The molecule has 2 aromatic carbocycles. The number of para-hydroxylation sites is 1. The first-order valence-electron chi connectivity index (χ1n) is 9.94. The van der Waals surface area contributed by atoms with Crippen LogP contribution in [0.5, 0.6) is 0 Å². The molecule has 0 radical (unpaired) electrons. The van der Waals surface area contributed by atoms with Crippen molar-refractivity contribution in [1.29, 1.82) is 5.26 Å². The second kappa shape index (κ2) is 9.35. The monoisotopic (exact) mass is 390 g/mol. The summed E-state index contributed by atoms with van der Waals surface area (Å²) in [5.74, 6) is -0.107. The lowest BCUT2D eigenvalue weighted by atomic mass is 10.2. The number of nitrogens with zero attached hydrogens (tertiary/aromatic N) is 3. The molecule has 1 unspecified atom stereocenters. The van der Waals surface area contributed by atoms with E-state index in [2.05, 4.69) is 11.4 Å². The van der Waals surface area contributed by atoms with Crippen LogP contribution < -0.4 is 10.2 Å². The van der Waals surface area contributed by atoms with E-state index in [0.717, 1.165) is 23.4 Å². The third-order valence-electron chi connectivity index (χ3n) is 5.20. The predicted octanol–water partition coefficient (Wildman–Crippen LogP) is 3.32. The van der Waals surface area contributed by atoms with Crippen molar-refractivity contribution >= 4 is 23.2 Å². The summed E-state index contributed by atoms with van der Waals surface area (Å²) in [4.78, 5) is 29.4. The van der Waals surface area contributed by atoms with Crippen molar-refractivity contribution in [2.24, 2.45) is 0 Å². The maximum absolute atomic E-state index is 13.1. The second-order valence-corrected chi connectivity index (χ2v) is 7.29. The summed E-state index contributed by atoms with van der Waals surface area (Å²) in [5, 5.41) is 11.9. The Morgan fingerprint density at radius 1 is 1.24 bits per heavy atom. The molecule has 1 N–H and O–H groups in total. The highest BCUT2D eigenvalue weighted by Gasteiger charge is 2.37. The molecule has 3 rings (SSSR count). The van der Waals surface area contributed by atoms with Crippen LogP contribution in [-0.4, -0.2) is 42.4 Å². The Bertz CT molecular complexity index is 917. The Kier molecular flexibility index (Phi) is 6.63. The van der Waals surface area contributed by atoms with E-state index in [0.29, 0.717) is 25.1 Å². The van der Waals surface area contributed by atoms with Crippen LogP contribution in [0.25, 0.3) is 0 Å². The first-order chi connectivity index (χ1) is 14.0. The molecule has 1 atom stereocenters. The van der Waals surface area contributed by atoms with Crippen molar-refractivity contribution < 1.29 is 9.59 Å². The second-order valence-electron chi connectivity index (χ2n) is 7.29. The smallest absolute Gasteiger partial charge is 0.244 e. The van der Waals surface area contributed by atoms with Gasteiger partial charge in [0.05, 0.1) is 24.2 Å². The lowest BCUT2D eigenvalue weighted by molar-refractivity contribution is -0.123. The van der Waals surface area contributed by atoms with Crippen LogP contribution in [0.3, 0.4) is 0 Å². The molecule has 2 aromatic rings. The number of aryl methyl sites for hydroxylation is 1. The highest BCUT2D eigenvalue weighted by Crippen LogP contribution is 2.25. The molecule has 0 aliphatic carbocycles. The molecule has 1 aliphatic heterocycles. The largest absolute Gasteiger partial charge is 0.325 e. The standard InChI is InChI=1S/C23H26N4O2/c1-3-13-26(16-22(28)25-20-7-5-4-6-17(20)2)21-12-14-27(23(21)29)19-10-8-18(15-24)9-11-19/h4-11,21H,3,12-14,16H2,1-2H3,(H,25,28). The zero-order chi connectivity index (χ0) is 20.8. The van der Waals surface area contributed by atoms with Crippen molar-refractivity contribution in [2.45, 2.75) is 32.7 Å². The highest BCUT2D eigenvalue weighted by molar-refractivity contribution is 6.00. The molecule has 1 fully saturated rings.